The Morgan fingerprint density at radius 1 is 1.48 bits per heavy atom. The lowest BCUT2D eigenvalue weighted by Gasteiger charge is -2.35. The zero-order valence-electron chi connectivity index (χ0n) is 14.3. The van der Waals surface area contributed by atoms with Crippen LogP contribution in [0.4, 0.5) is 10.5 Å². The van der Waals surface area contributed by atoms with E-state index in [2.05, 4.69) is 23.7 Å². The first-order valence-electron chi connectivity index (χ1n) is 7.96. The van der Waals surface area contributed by atoms with E-state index in [1.54, 1.807) is 23.2 Å². The van der Waals surface area contributed by atoms with E-state index in [0.29, 0.717) is 30.4 Å². The number of hydrogen-bond donors (Lipinski definition) is 1. The number of nitrogens with two attached hydrogens (primary N) is 1. The summed E-state index contributed by atoms with van der Waals surface area (Å²) in [6, 6.07) is 3.57. The van der Waals surface area contributed by atoms with Crippen molar-refractivity contribution in [2.24, 2.45) is 11.8 Å². The predicted molar refractivity (Wildman–Crippen MR) is 90.6 cm³/mol. The van der Waals surface area contributed by atoms with E-state index in [9.17, 15) is 4.79 Å². The van der Waals surface area contributed by atoms with E-state index in [1.165, 1.54) is 0 Å². The van der Waals surface area contributed by atoms with Crippen molar-refractivity contribution in [1.82, 2.24) is 9.88 Å². The second kappa shape index (κ2) is 6.91. The molecule has 124 valence electrons. The number of anilines is 1. The smallest absolute Gasteiger partial charge is 0.410 e. The van der Waals surface area contributed by atoms with Gasteiger partial charge in [0, 0.05) is 25.2 Å². The van der Waals surface area contributed by atoms with Crippen LogP contribution >= 0.6 is 0 Å². The summed E-state index contributed by atoms with van der Waals surface area (Å²) in [4.78, 5) is 18.1. The van der Waals surface area contributed by atoms with E-state index in [-0.39, 0.29) is 12.0 Å². The van der Waals surface area contributed by atoms with Gasteiger partial charge in [0.25, 0.3) is 0 Å². The van der Waals surface area contributed by atoms with Gasteiger partial charge in [-0.3, -0.25) is 0 Å². The van der Waals surface area contributed by atoms with Crippen molar-refractivity contribution in [2.45, 2.75) is 39.7 Å². The van der Waals surface area contributed by atoms with Crippen LogP contribution in [0.1, 0.15) is 39.8 Å². The van der Waals surface area contributed by atoms with Crippen molar-refractivity contribution in [2.75, 3.05) is 18.8 Å². The molecule has 1 aliphatic rings. The molecule has 5 nitrogen and oxygen atoms in total. The fourth-order valence-corrected chi connectivity index (χ4v) is 2.43. The summed E-state index contributed by atoms with van der Waals surface area (Å²) >= 11 is 0. The van der Waals surface area contributed by atoms with Gasteiger partial charge in [-0.15, -0.1) is 0 Å². The number of nitrogens with zero attached hydrogens (tertiary/aromatic N) is 2. The highest BCUT2D eigenvalue weighted by Crippen LogP contribution is 2.24. The van der Waals surface area contributed by atoms with Gasteiger partial charge >= 0.3 is 6.09 Å². The third-order valence-electron chi connectivity index (χ3n) is 3.82. The van der Waals surface area contributed by atoms with Crippen molar-refractivity contribution < 1.29 is 9.53 Å². The van der Waals surface area contributed by atoms with E-state index in [4.69, 9.17) is 10.5 Å². The van der Waals surface area contributed by atoms with E-state index >= 15 is 0 Å². The summed E-state index contributed by atoms with van der Waals surface area (Å²) in [5, 5.41) is 0. The highest BCUT2D eigenvalue weighted by molar-refractivity contribution is 5.68. The van der Waals surface area contributed by atoms with Crippen molar-refractivity contribution in [3.8, 4) is 11.8 Å². The molecule has 0 aliphatic carbocycles. The topological polar surface area (TPSA) is 68.5 Å². The van der Waals surface area contributed by atoms with Crippen molar-refractivity contribution in [3.63, 3.8) is 0 Å². The maximum absolute atomic E-state index is 12.2. The normalized spacial score (nSPS) is 21.3. The second-order valence-corrected chi connectivity index (χ2v) is 7.01. The Bertz CT molecular complexity index is 625. The Morgan fingerprint density at radius 3 is 2.87 bits per heavy atom. The molecule has 0 saturated carbocycles. The van der Waals surface area contributed by atoms with E-state index < -0.39 is 5.60 Å². The summed E-state index contributed by atoms with van der Waals surface area (Å²) in [5.41, 5.74) is 6.55. The van der Waals surface area contributed by atoms with Gasteiger partial charge in [0.05, 0.1) is 5.69 Å². The molecule has 1 aromatic heterocycles. The number of aromatic nitrogens is 1. The average molecular weight is 315 g/mol. The molecule has 2 N–H and O–H groups in total. The van der Waals surface area contributed by atoms with Crippen LogP contribution in [-0.4, -0.2) is 34.7 Å². The molecular formula is C18H25N3O2. The fraction of sp³-hybridized carbons (Fsp3) is 0.556. The minimum absolute atomic E-state index is 0.0951. The molecule has 0 bridgehead atoms. The Kier molecular flexibility index (Phi) is 5.15. The lowest BCUT2D eigenvalue weighted by atomic mass is 9.87. The summed E-state index contributed by atoms with van der Waals surface area (Å²) in [7, 11) is 0. The van der Waals surface area contributed by atoms with Gasteiger partial charge in [0.1, 0.15) is 11.3 Å². The Labute approximate surface area is 138 Å². The maximum atomic E-state index is 12.2. The first-order chi connectivity index (χ1) is 10.8. The Hall–Kier alpha value is -2.22. The molecule has 23 heavy (non-hydrogen) atoms. The lowest BCUT2D eigenvalue weighted by molar-refractivity contribution is 0.0152. The first kappa shape index (κ1) is 17.1. The lowest BCUT2D eigenvalue weighted by Crippen LogP contribution is -2.45. The number of carbonyl (C=O) groups is 1. The number of ether oxygens (including phenoxy) is 1. The summed E-state index contributed by atoms with van der Waals surface area (Å²) in [6.07, 6.45) is 2.32. The number of likely N-dealkylation sites (tertiary alicyclic amines) is 1. The van der Waals surface area contributed by atoms with Gasteiger partial charge in [-0.1, -0.05) is 12.8 Å². The summed E-state index contributed by atoms with van der Waals surface area (Å²) in [5.74, 6) is 6.81. The van der Waals surface area contributed by atoms with Crippen LogP contribution in [0, 0.1) is 23.7 Å². The van der Waals surface area contributed by atoms with Gasteiger partial charge in [-0.25, -0.2) is 9.78 Å². The van der Waals surface area contributed by atoms with Crippen LogP contribution in [0.2, 0.25) is 0 Å². The predicted octanol–water partition coefficient (Wildman–Crippen LogP) is 2.91. The van der Waals surface area contributed by atoms with Gasteiger partial charge in [0.2, 0.25) is 0 Å². The molecule has 1 amide bonds. The van der Waals surface area contributed by atoms with Crippen LogP contribution in [0.15, 0.2) is 18.3 Å². The average Bonchev–Trinajstić information content (AvgIpc) is 2.46. The van der Waals surface area contributed by atoms with Crippen LogP contribution in [0.25, 0.3) is 0 Å². The second-order valence-electron chi connectivity index (χ2n) is 7.01. The maximum Gasteiger partial charge on any atom is 0.410 e. The molecule has 1 aliphatic heterocycles. The highest BCUT2D eigenvalue weighted by Gasteiger charge is 2.30. The first-order valence-corrected chi connectivity index (χ1v) is 7.96. The molecule has 5 heteroatoms. The SMILES string of the molecule is CC1CCN(C(=O)OC(C)(C)C)CC1C#Cc1ncccc1N. The van der Waals surface area contributed by atoms with E-state index in [0.717, 1.165) is 6.42 Å². The van der Waals surface area contributed by atoms with Gasteiger partial charge < -0.3 is 15.4 Å². The monoisotopic (exact) mass is 315 g/mol. The highest BCUT2D eigenvalue weighted by atomic mass is 16.6. The zero-order chi connectivity index (χ0) is 17.0. The molecule has 2 rings (SSSR count). The van der Waals surface area contributed by atoms with Crippen molar-refractivity contribution in [1.29, 1.82) is 0 Å². The number of nitrogen functional groups attached to an aromatic ring is 1. The molecule has 1 aromatic rings. The fourth-order valence-electron chi connectivity index (χ4n) is 2.43. The standard InChI is InChI=1S/C18H25N3O2/c1-13-9-11-21(17(22)23-18(2,3)4)12-14(13)7-8-16-15(19)6-5-10-20-16/h5-6,10,13-14H,9,11-12,19H2,1-4H3. The Morgan fingerprint density at radius 2 is 2.22 bits per heavy atom. The van der Waals surface area contributed by atoms with Crippen LogP contribution in [-0.2, 0) is 4.74 Å². The third kappa shape index (κ3) is 4.88. The number of rotatable bonds is 0. The molecule has 2 unspecified atom stereocenters. The molecule has 2 heterocycles. The minimum Gasteiger partial charge on any atom is -0.444 e. The molecule has 0 aromatic carbocycles. The van der Waals surface area contributed by atoms with Crippen molar-refractivity contribution >= 4 is 11.8 Å². The number of pyridine rings is 1. The van der Waals surface area contributed by atoms with Crippen LogP contribution in [0.5, 0.6) is 0 Å². The quantitative estimate of drug-likeness (QED) is 0.747. The molecule has 1 fully saturated rings. The summed E-state index contributed by atoms with van der Waals surface area (Å²) < 4.78 is 5.45. The number of amides is 1. The van der Waals surface area contributed by atoms with Gasteiger partial charge in [-0.05, 0) is 51.2 Å². The van der Waals surface area contributed by atoms with E-state index in [1.807, 2.05) is 20.8 Å². The molecule has 1 saturated heterocycles. The molecule has 2 atom stereocenters. The molecule has 0 spiro atoms. The molecular weight excluding hydrogens is 290 g/mol. The number of piperidine rings is 1. The zero-order valence-corrected chi connectivity index (χ0v) is 14.3. The Balaban J connectivity index is 2.07. The molecule has 0 radical (unpaired) electrons. The third-order valence-corrected chi connectivity index (χ3v) is 3.82. The number of hydrogen-bond acceptors (Lipinski definition) is 4. The largest absolute Gasteiger partial charge is 0.444 e. The number of carbonyl (C=O) groups excluding carboxylic acids is 1. The van der Waals surface area contributed by atoms with Gasteiger partial charge in [0.15, 0.2) is 0 Å². The van der Waals surface area contributed by atoms with Gasteiger partial charge in [-0.2, -0.15) is 0 Å². The van der Waals surface area contributed by atoms with Crippen LogP contribution < -0.4 is 5.73 Å². The summed E-state index contributed by atoms with van der Waals surface area (Å²) in [6.45, 7) is 9.07. The minimum atomic E-state index is -0.482. The van der Waals surface area contributed by atoms with Crippen LogP contribution in [0.3, 0.4) is 0 Å². The van der Waals surface area contributed by atoms with Crippen molar-refractivity contribution in [3.05, 3.63) is 24.0 Å².